The number of anilines is 1. The van der Waals surface area contributed by atoms with Crippen LogP contribution in [0.2, 0.25) is 5.02 Å². The summed E-state index contributed by atoms with van der Waals surface area (Å²) >= 11 is 6.00. The van der Waals surface area contributed by atoms with E-state index in [2.05, 4.69) is 0 Å². The van der Waals surface area contributed by atoms with Crippen molar-refractivity contribution in [2.45, 2.75) is 13.0 Å². The molecule has 1 saturated heterocycles. The van der Waals surface area contributed by atoms with Crippen LogP contribution in [0.3, 0.4) is 0 Å². The fourth-order valence-electron chi connectivity index (χ4n) is 1.95. The first-order valence-corrected chi connectivity index (χ1v) is 5.83. The molecule has 6 heteroatoms. The number of carboxylic acids is 1. The average molecular weight is 269 g/mol. The lowest BCUT2D eigenvalue weighted by molar-refractivity contribution is -0.138. The number of hydrogen-bond donors (Lipinski definition) is 1. The molecule has 96 valence electrons. The van der Waals surface area contributed by atoms with Gasteiger partial charge >= 0.3 is 12.0 Å². The van der Waals surface area contributed by atoms with E-state index < -0.39 is 12.0 Å². The number of likely N-dealkylation sites (N-methyl/N-ethyl adjacent to an activating group) is 1. The zero-order valence-corrected chi connectivity index (χ0v) is 10.8. The van der Waals surface area contributed by atoms with E-state index in [1.807, 2.05) is 6.92 Å². The molecule has 1 fully saturated rings. The maximum Gasteiger partial charge on any atom is 0.328 e. The molecule has 1 aliphatic heterocycles. The standard InChI is InChI=1S/C12H13ClN2O3/c1-7-3-4-8(5-9(7)13)15-10(11(16)17)6-14(2)12(15)18/h3-5,10H,6H2,1-2H3,(H,16,17). The maximum absolute atomic E-state index is 12.0. The Kier molecular flexibility index (Phi) is 3.17. The van der Waals surface area contributed by atoms with Gasteiger partial charge in [0.25, 0.3) is 0 Å². The molecule has 0 radical (unpaired) electrons. The van der Waals surface area contributed by atoms with Crippen molar-refractivity contribution >= 4 is 29.3 Å². The minimum Gasteiger partial charge on any atom is -0.480 e. The molecule has 0 saturated carbocycles. The predicted octanol–water partition coefficient (Wildman–Crippen LogP) is 1.97. The lowest BCUT2D eigenvalue weighted by Gasteiger charge is -2.20. The summed E-state index contributed by atoms with van der Waals surface area (Å²) in [6, 6.07) is 3.88. The van der Waals surface area contributed by atoms with Gasteiger partial charge in [-0.1, -0.05) is 17.7 Å². The third-order valence-electron chi connectivity index (χ3n) is 3.01. The summed E-state index contributed by atoms with van der Waals surface area (Å²) in [5, 5.41) is 9.66. The van der Waals surface area contributed by atoms with Crippen molar-refractivity contribution in [2.75, 3.05) is 18.5 Å². The Balaban J connectivity index is 2.43. The Morgan fingerprint density at radius 2 is 2.17 bits per heavy atom. The topological polar surface area (TPSA) is 60.9 Å². The first-order chi connectivity index (χ1) is 8.41. The minimum atomic E-state index is -1.02. The molecule has 0 spiro atoms. The maximum atomic E-state index is 12.0. The molecular weight excluding hydrogens is 256 g/mol. The van der Waals surface area contributed by atoms with Crippen molar-refractivity contribution in [3.05, 3.63) is 28.8 Å². The highest BCUT2D eigenvalue weighted by atomic mass is 35.5. The number of carboxylic acid groups (broad SMARTS) is 1. The van der Waals surface area contributed by atoms with Gasteiger partial charge < -0.3 is 10.0 Å². The average Bonchev–Trinajstić information content (AvgIpc) is 2.60. The molecule has 18 heavy (non-hydrogen) atoms. The summed E-state index contributed by atoms with van der Waals surface area (Å²) in [5.41, 5.74) is 1.39. The molecule has 1 aromatic rings. The Bertz CT molecular complexity index is 518. The second-order valence-corrected chi connectivity index (χ2v) is 4.73. The number of benzene rings is 1. The first-order valence-electron chi connectivity index (χ1n) is 5.45. The Morgan fingerprint density at radius 1 is 1.50 bits per heavy atom. The second kappa shape index (κ2) is 4.49. The van der Waals surface area contributed by atoms with Crippen LogP contribution in [0, 0.1) is 6.92 Å². The Hall–Kier alpha value is -1.75. The predicted molar refractivity (Wildman–Crippen MR) is 68.1 cm³/mol. The van der Waals surface area contributed by atoms with E-state index >= 15 is 0 Å². The van der Waals surface area contributed by atoms with E-state index in [0.717, 1.165) is 5.56 Å². The number of rotatable bonds is 2. The largest absolute Gasteiger partial charge is 0.480 e. The molecule has 2 amide bonds. The number of urea groups is 1. The van der Waals surface area contributed by atoms with E-state index in [0.29, 0.717) is 10.7 Å². The molecule has 5 nitrogen and oxygen atoms in total. The normalized spacial score (nSPS) is 19.5. The van der Waals surface area contributed by atoms with Crippen molar-refractivity contribution in [1.82, 2.24) is 4.90 Å². The fraction of sp³-hybridized carbons (Fsp3) is 0.333. The molecule has 0 bridgehead atoms. The van der Waals surface area contributed by atoms with Gasteiger partial charge in [0.05, 0.1) is 6.54 Å². The third kappa shape index (κ3) is 2.01. The molecule has 1 N–H and O–H groups in total. The number of aryl methyl sites for hydroxylation is 1. The van der Waals surface area contributed by atoms with Crippen molar-refractivity contribution in [2.24, 2.45) is 0 Å². The lowest BCUT2D eigenvalue weighted by Crippen LogP contribution is -2.39. The van der Waals surface area contributed by atoms with Gasteiger partial charge in [-0.2, -0.15) is 0 Å². The molecule has 1 aromatic carbocycles. The van der Waals surface area contributed by atoms with Crippen molar-refractivity contribution in [3.8, 4) is 0 Å². The summed E-state index contributed by atoms with van der Waals surface area (Å²) in [5.74, 6) is -1.02. The summed E-state index contributed by atoms with van der Waals surface area (Å²) in [6.45, 7) is 2.01. The second-order valence-electron chi connectivity index (χ2n) is 4.32. The highest BCUT2D eigenvalue weighted by Gasteiger charge is 2.40. The van der Waals surface area contributed by atoms with Crippen LogP contribution in [-0.2, 0) is 4.79 Å². The molecule has 1 unspecified atom stereocenters. The van der Waals surface area contributed by atoms with Gasteiger partial charge in [-0.3, -0.25) is 4.90 Å². The molecule has 0 aromatic heterocycles. The quantitative estimate of drug-likeness (QED) is 0.892. The summed E-state index contributed by atoms with van der Waals surface area (Å²) in [6.07, 6.45) is 0. The third-order valence-corrected chi connectivity index (χ3v) is 3.42. The highest BCUT2D eigenvalue weighted by Crippen LogP contribution is 2.28. The van der Waals surface area contributed by atoms with Crippen LogP contribution in [0.5, 0.6) is 0 Å². The Labute approximate surface area is 110 Å². The zero-order chi connectivity index (χ0) is 13.4. The van der Waals surface area contributed by atoms with Crippen LogP contribution in [0.15, 0.2) is 18.2 Å². The number of nitrogens with zero attached hydrogens (tertiary/aromatic N) is 2. The molecule has 1 heterocycles. The monoisotopic (exact) mass is 268 g/mol. The van der Waals surface area contributed by atoms with Gasteiger partial charge in [0, 0.05) is 17.8 Å². The SMILES string of the molecule is Cc1ccc(N2C(=O)N(C)CC2C(=O)O)cc1Cl. The Morgan fingerprint density at radius 3 is 2.72 bits per heavy atom. The molecule has 2 rings (SSSR count). The first kappa shape index (κ1) is 12.7. The van der Waals surface area contributed by atoms with E-state index in [-0.39, 0.29) is 12.6 Å². The van der Waals surface area contributed by atoms with Crippen LogP contribution < -0.4 is 4.90 Å². The van der Waals surface area contributed by atoms with Gasteiger partial charge in [-0.05, 0) is 24.6 Å². The number of aliphatic carboxylic acids is 1. The fourth-order valence-corrected chi connectivity index (χ4v) is 2.12. The van der Waals surface area contributed by atoms with Crippen molar-refractivity contribution in [3.63, 3.8) is 0 Å². The summed E-state index contributed by atoms with van der Waals surface area (Å²) < 4.78 is 0. The van der Waals surface area contributed by atoms with Crippen LogP contribution in [0.1, 0.15) is 5.56 Å². The summed E-state index contributed by atoms with van der Waals surface area (Å²) in [7, 11) is 1.58. The van der Waals surface area contributed by atoms with Gasteiger partial charge in [-0.25, -0.2) is 9.59 Å². The van der Waals surface area contributed by atoms with Gasteiger partial charge in [0.15, 0.2) is 6.04 Å². The van der Waals surface area contributed by atoms with E-state index in [9.17, 15) is 9.59 Å². The van der Waals surface area contributed by atoms with Gasteiger partial charge in [0.1, 0.15) is 0 Å². The number of carbonyl (C=O) groups is 2. The number of amides is 2. The van der Waals surface area contributed by atoms with Crippen LogP contribution >= 0.6 is 11.6 Å². The molecule has 1 atom stereocenters. The smallest absolute Gasteiger partial charge is 0.328 e. The van der Waals surface area contributed by atoms with E-state index in [1.165, 1.54) is 9.80 Å². The van der Waals surface area contributed by atoms with Crippen LogP contribution in [0.4, 0.5) is 10.5 Å². The van der Waals surface area contributed by atoms with E-state index in [1.54, 1.807) is 25.2 Å². The van der Waals surface area contributed by atoms with Crippen molar-refractivity contribution < 1.29 is 14.7 Å². The number of carbonyl (C=O) groups excluding carboxylic acids is 1. The summed E-state index contributed by atoms with van der Waals surface area (Å²) in [4.78, 5) is 25.8. The molecule has 1 aliphatic rings. The van der Waals surface area contributed by atoms with E-state index in [4.69, 9.17) is 16.7 Å². The minimum absolute atomic E-state index is 0.166. The van der Waals surface area contributed by atoms with Crippen LogP contribution in [0.25, 0.3) is 0 Å². The highest BCUT2D eigenvalue weighted by molar-refractivity contribution is 6.31. The van der Waals surface area contributed by atoms with Gasteiger partial charge in [-0.15, -0.1) is 0 Å². The number of hydrogen-bond acceptors (Lipinski definition) is 2. The zero-order valence-electron chi connectivity index (χ0n) is 10.1. The van der Waals surface area contributed by atoms with Crippen molar-refractivity contribution in [1.29, 1.82) is 0 Å². The van der Waals surface area contributed by atoms with Crippen LogP contribution in [-0.4, -0.2) is 41.6 Å². The molecular formula is C12H13ClN2O3. The van der Waals surface area contributed by atoms with Gasteiger partial charge in [0.2, 0.25) is 0 Å². The lowest BCUT2D eigenvalue weighted by atomic mass is 10.2. The number of halogens is 1. The molecule has 0 aliphatic carbocycles.